The van der Waals surface area contributed by atoms with Gasteiger partial charge in [-0.15, -0.1) is 0 Å². The summed E-state index contributed by atoms with van der Waals surface area (Å²) in [7, 11) is -3.60. The molecule has 1 aromatic carbocycles. The Morgan fingerprint density at radius 2 is 1.83 bits per heavy atom. The van der Waals surface area contributed by atoms with E-state index in [0.717, 1.165) is 11.8 Å². The van der Waals surface area contributed by atoms with Gasteiger partial charge in [0.2, 0.25) is 21.9 Å². The molecular weight excluding hydrogens is 487 g/mol. The molecule has 1 fully saturated rings. The number of hydrogen-bond acceptors (Lipinski definition) is 10. The van der Waals surface area contributed by atoms with Crippen LogP contribution in [0.3, 0.4) is 0 Å². The molecule has 0 aliphatic carbocycles. The number of sulfonamides is 1. The number of aromatic nitrogens is 4. The maximum atomic E-state index is 13.3. The molecule has 13 heteroatoms. The van der Waals surface area contributed by atoms with Crippen LogP contribution in [0.1, 0.15) is 31.4 Å². The van der Waals surface area contributed by atoms with E-state index in [9.17, 15) is 17.6 Å². The van der Waals surface area contributed by atoms with Crippen LogP contribution in [0.25, 0.3) is 0 Å². The molecule has 0 radical (unpaired) electrons. The number of nitrogens with zero attached hydrogens (tertiary/aromatic N) is 5. The Kier molecular flexibility index (Phi) is 7.58. The Hall–Kier alpha value is -3.87. The molecule has 0 spiro atoms. The number of carbonyl (C=O) groups excluding carboxylic acids is 1. The molecule has 36 heavy (non-hydrogen) atoms. The first-order valence-electron chi connectivity index (χ1n) is 11.4. The number of benzene rings is 1. The molecule has 1 saturated heterocycles. The van der Waals surface area contributed by atoms with Crippen molar-refractivity contribution in [3.05, 3.63) is 60.3 Å². The zero-order valence-corrected chi connectivity index (χ0v) is 20.7. The predicted octanol–water partition coefficient (Wildman–Crippen LogP) is 2.61. The molecule has 1 unspecified atom stereocenters. The van der Waals surface area contributed by atoms with E-state index in [-0.39, 0.29) is 11.9 Å². The minimum Gasteiger partial charge on any atom is -0.356 e. The molecule has 3 heterocycles. The fourth-order valence-corrected chi connectivity index (χ4v) is 4.42. The number of nitrogens with one attached hydrogen (secondary N) is 3. The molecule has 0 saturated carbocycles. The van der Waals surface area contributed by atoms with Crippen LogP contribution in [0.2, 0.25) is 0 Å². The van der Waals surface area contributed by atoms with Gasteiger partial charge in [0.25, 0.3) is 0 Å². The van der Waals surface area contributed by atoms with E-state index in [0.29, 0.717) is 49.3 Å². The van der Waals surface area contributed by atoms with Crippen molar-refractivity contribution in [2.24, 2.45) is 5.92 Å². The molecule has 1 atom stereocenters. The Morgan fingerprint density at radius 3 is 2.47 bits per heavy atom. The highest BCUT2D eigenvalue weighted by Gasteiger charge is 2.27. The van der Waals surface area contributed by atoms with Gasteiger partial charge in [0.15, 0.2) is 0 Å². The van der Waals surface area contributed by atoms with Crippen LogP contribution in [0.5, 0.6) is 0 Å². The monoisotopic (exact) mass is 514 g/mol. The molecule has 190 valence electrons. The number of anilines is 4. The summed E-state index contributed by atoms with van der Waals surface area (Å²) >= 11 is 0. The first-order valence-corrected chi connectivity index (χ1v) is 13.3. The molecule has 3 N–H and O–H groups in total. The lowest BCUT2D eigenvalue weighted by molar-refractivity contribution is -0.123. The van der Waals surface area contributed by atoms with Crippen LogP contribution in [0.4, 0.5) is 27.8 Å². The van der Waals surface area contributed by atoms with Crippen molar-refractivity contribution in [2.45, 2.75) is 25.8 Å². The summed E-state index contributed by atoms with van der Waals surface area (Å²) < 4.78 is 38.2. The second-order valence-corrected chi connectivity index (χ2v) is 10.3. The van der Waals surface area contributed by atoms with Gasteiger partial charge in [-0.3, -0.25) is 14.5 Å². The summed E-state index contributed by atoms with van der Waals surface area (Å²) in [6.07, 6.45) is 6.63. The van der Waals surface area contributed by atoms with Gasteiger partial charge >= 0.3 is 0 Å². The lowest BCUT2D eigenvalue weighted by atomic mass is 9.96. The Labute approximate surface area is 208 Å². The average Bonchev–Trinajstić information content (AvgIpc) is 2.84. The second kappa shape index (κ2) is 10.8. The quantitative estimate of drug-likeness (QED) is 0.411. The summed E-state index contributed by atoms with van der Waals surface area (Å²) in [6.45, 7) is 2.94. The van der Waals surface area contributed by atoms with Gasteiger partial charge in [-0.2, -0.15) is 9.97 Å². The number of halogens is 1. The molecule has 3 aromatic rings. The summed E-state index contributed by atoms with van der Waals surface area (Å²) in [5.74, 6) is 0.793. The van der Waals surface area contributed by atoms with Crippen molar-refractivity contribution in [1.29, 1.82) is 0 Å². The van der Waals surface area contributed by atoms with Crippen LogP contribution >= 0.6 is 0 Å². The highest BCUT2D eigenvalue weighted by atomic mass is 32.2. The molecule has 1 aliphatic heterocycles. The van der Waals surface area contributed by atoms with Crippen molar-refractivity contribution in [3.8, 4) is 0 Å². The molecule has 11 nitrogen and oxygen atoms in total. The van der Waals surface area contributed by atoms with Crippen molar-refractivity contribution in [1.82, 2.24) is 24.7 Å². The van der Waals surface area contributed by atoms with Gasteiger partial charge < -0.3 is 15.5 Å². The fraction of sp³-hybridized carbons (Fsp3) is 0.348. The highest BCUT2D eigenvalue weighted by molar-refractivity contribution is 7.89. The Balaban J connectivity index is 1.53. The number of piperidine rings is 1. The predicted molar refractivity (Wildman–Crippen MR) is 134 cm³/mol. The zero-order valence-electron chi connectivity index (χ0n) is 19.8. The largest absolute Gasteiger partial charge is 0.356 e. The van der Waals surface area contributed by atoms with Crippen LogP contribution in [-0.2, 0) is 14.8 Å². The maximum absolute atomic E-state index is 13.3. The number of rotatable bonds is 8. The SMILES string of the molecule is CC(Nc1nc(Nc2cnccn2)cc(N2CCC(C(=O)NS(C)(=O)=O)CC2)n1)c1ccc(F)cc1. The van der Waals surface area contributed by atoms with E-state index >= 15 is 0 Å². The summed E-state index contributed by atoms with van der Waals surface area (Å²) in [5, 5.41) is 6.38. The third-order valence-corrected chi connectivity index (χ3v) is 6.30. The van der Waals surface area contributed by atoms with Crippen LogP contribution in [0.15, 0.2) is 48.9 Å². The molecule has 2 aromatic heterocycles. The smallest absolute Gasteiger partial charge is 0.236 e. The van der Waals surface area contributed by atoms with E-state index in [4.69, 9.17) is 0 Å². The Morgan fingerprint density at radius 1 is 1.11 bits per heavy atom. The maximum Gasteiger partial charge on any atom is 0.236 e. The van der Waals surface area contributed by atoms with E-state index in [1.165, 1.54) is 12.1 Å². The van der Waals surface area contributed by atoms with Gasteiger partial charge in [-0.05, 0) is 37.5 Å². The van der Waals surface area contributed by atoms with Gasteiger partial charge in [0.1, 0.15) is 23.3 Å². The van der Waals surface area contributed by atoms with Crippen molar-refractivity contribution in [2.75, 3.05) is 34.9 Å². The fourth-order valence-electron chi connectivity index (χ4n) is 3.89. The van der Waals surface area contributed by atoms with Crippen LogP contribution in [0, 0.1) is 11.7 Å². The number of hydrogen-bond donors (Lipinski definition) is 3. The summed E-state index contributed by atoms with van der Waals surface area (Å²) in [4.78, 5) is 31.8. The minimum atomic E-state index is -3.60. The van der Waals surface area contributed by atoms with Crippen molar-refractivity contribution >= 4 is 39.3 Å². The van der Waals surface area contributed by atoms with Crippen LogP contribution in [-0.4, -0.2) is 53.6 Å². The van der Waals surface area contributed by atoms with Gasteiger partial charge in [-0.1, -0.05) is 12.1 Å². The number of amides is 1. The van der Waals surface area contributed by atoms with Crippen molar-refractivity contribution in [3.63, 3.8) is 0 Å². The lowest BCUT2D eigenvalue weighted by Crippen LogP contribution is -2.42. The average molecular weight is 515 g/mol. The first-order chi connectivity index (χ1) is 17.2. The zero-order chi connectivity index (χ0) is 25.7. The molecule has 1 amide bonds. The first kappa shape index (κ1) is 25.2. The highest BCUT2D eigenvalue weighted by Crippen LogP contribution is 2.27. The molecule has 1 aliphatic rings. The molecular formula is C23H27FN8O3S. The van der Waals surface area contributed by atoms with E-state index in [2.05, 4.69) is 35.3 Å². The second-order valence-electron chi connectivity index (χ2n) is 8.57. The van der Waals surface area contributed by atoms with Crippen LogP contribution < -0.4 is 20.3 Å². The lowest BCUT2D eigenvalue weighted by Gasteiger charge is -2.32. The van der Waals surface area contributed by atoms with Gasteiger partial charge in [0, 0.05) is 37.5 Å². The topological polar surface area (TPSA) is 142 Å². The third-order valence-electron chi connectivity index (χ3n) is 5.72. The standard InChI is InChI=1S/C23H27FN8O3S/c1-15(16-3-5-18(24)6-4-16)27-23-29-19(28-20-14-25-9-10-26-20)13-21(30-23)32-11-7-17(8-12-32)22(33)31-36(2,34)35/h3-6,9-10,13-15,17H,7-8,11-12H2,1-2H3,(H,31,33)(H2,26,27,28,29,30). The van der Waals surface area contributed by atoms with E-state index in [1.54, 1.807) is 36.8 Å². The third kappa shape index (κ3) is 6.84. The Bertz CT molecular complexity index is 1300. The summed E-state index contributed by atoms with van der Waals surface area (Å²) in [6, 6.07) is 7.77. The minimum absolute atomic E-state index is 0.198. The molecule has 0 bridgehead atoms. The molecule has 4 rings (SSSR count). The number of carbonyl (C=O) groups is 1. The van der Waals surface area contributed by atoms with Gasteiger partial charge in [-0.25, -0.2) is 17.8 Å². The van der Waals surface area contributed by atoms with E-state index < -0.39 is 21.8 Å². The normalized spacial score (nSPS) is 15.2. The van der Waals surface area contributed by atoms with Gasteiger partial charge in [0.05, 0.1) is 18.5 Å². The summed E-state index contributed by atoms with van der Waals surface area (Å²) in [5.41, 5.74) is 0.867. The van der Waals surface area contributed by atoms with E-state index in [1.807, 2.05) is 11.8 Å². The van der Waals surface area contributed by atoms with Crippen molar-refractivity contribution < 1.29 is 17.6 Å².